The molecule has 0 atom stereocenters. The van der Waals surface area contributed by atoms with Crippen LogP contribution >= 0.6 is 0 Å². The van der Waals surface area contributed by atoms with Crippen LogP contribution in [0.25, 0.3) is 11.0 Å². The first-order valence-corrected chi connectivity index (χ1v) is 6.49. The van der Waals surface area contributed by atoms with E-state index in [-0.39, 0.29) is 17.3 Å². The Balaban J connectivity index is 2.05. The summed E-state index contributed by atoms with van der Waals surface area (Å²) in [5, 5.41) is 0.673. The highest BCUT2D eigenvalue weighted by Gasteiger charge is 2.35. The van der Waals surface area contributed by atoms with Crippen molar-refractivity contribution in [3.05, 3.63) is 64.9 Å². The summed E-state index contributed by atoms with van der Waals surface area (Å²) >= 11 is 0. The minimum absolute atomic E-state index is 0.113. The Morgan fingerprint density at radius 2 is 1.76 bits per heavy atom. The Labute approximate surface area is 119 Å². The zero-order valence-electron chi connectivity index (χ0n) is 11.2. The molecule has 0 N–H and O–H groups in total. The van der Waals surface area contributed by atoms with E-state index in [4.69, 9.17) is 9.15 Å². The van der Waals surface area contributed by atoms with Crippen molar-refractivity contribution in [3.63, 3.8) is 0 Å². The lowest BCUT2D eigenvalue weighted by atomic mass is 9.87. The monoisotopic (exact) mass is 278 g/mol. The van der Waals surface area contributed by atoms with Crippen LogP contribution in [0, 0.1) is 0 Å². The predicted octanol–water partition coefficient (Wildman–Crippen LogP) is 3.22. The number of hydrogen-bond donors (Lipinski definition) is 0. The summed E-state index contributed by atoms with van der Waals surface area (Å²) in [7, 11) is 1.52. The molecule has 0 saturated carbocycles. The molecule has 102 valence electrons. The lowest BCUT2D eigenvalue weighted by Crippen LogP contribution is -2.19. The van der Waals surface area contributed by atoms with E-state index in [2.05, 4.69) is 0 Å². The van der Waals surface area contributed by atoms with Crippen LogP contribution in [0.15, 0.2) is 46.9 Å². The van der Waals surface area contributed by atoms with Gasteiger partial charge in [-0.2, -0.15) is 0 Å². The summed E-state index contributed by atoms with van der Waals surface area (Å²) in [6, 6.07) is 12.0. The van der Waals surface area contributed by atoms with E-state index < -0.39 is 0 Å². The fourth-order valence-electron chi connectivity index (χ4n) is 2.72. The largest absolute Gasteiger partial charge is 0.497 e. The Morgan fingerprint density at radius 3 is 2.57 bits per heavy atom. The number of ether oxygens (including phenoxy) is 1. The van der Waals surface area contributed by atoms with Crippen molar-refractivity contribution in [1.82, 2.24) is 0 Å². The highest BCUT2D eigenvalue weighted by Crippen LogP contribution is 2.35. The minimum atomic E-state index is -0.283. The highest BCUT2D eigenvalue weighted by atomic mass is 16.5. The molecule has 1 aromatic heterocycles. The summed E-state index contributed by atoms with van der Waals surface area (Å²) in [5.41, 5.74) is 1.61. The standard InChI is InChI=1S/C17H10O4/c1-20-9-6-7-10-12(8-9)16(19)17-14(15(10)18)11-4-2-3-5-13(11)21-17/h2-8H,1H3. The molecule has 0 amide bonds. The van der Waals surface area contributed by atoms with Gasteiger partial charge >= 0.3 is 0 Å². The van der Waals surface area contributed by atoms with E-state index in [0.717, 1.165) is 0 Å². The van der Waals surface area contributed by atoms with Gasteiger partial charge in [-0.05, 0) is 24.3 Å². The highest BCUT2D eigenvalue weighted by molar-refractivity contribution is 6.31. The molecule has 4 rings (SSSR count). The van der Waals surface area contributed by atoms with Crippen molar-refractivity contribution in [2.45, 2.75) is 0 Å². The lowest BCUT2D eigenvalue weighted by molar-refractivity contribution is 0.0962. The van der Waals surface area contributed by atoms with Crippen molar-refractivity contribution in [2.24, 2.45) is 0 Å². The van der Waals surface area contributed by atoms with Crippen LogP contribution in [-0.2, 0) is 0 Å². The summed E-state index contributed by atoms with van der Waals surface area (Å²) in [6.45, 7) is 0. The Kier molecular flexibility index (Phi) is 2.30. The number of furan rings is 1. The fourth-order valence-corrected chi connectivity index (χ4v) is 2.72. The first-order valence-electron chi connectivity index (χ1n) is 6.49. The van der Waals surface area contributed by atoms with Gasteiger partial charge in [0.1, 0.15) is 11.3 Å². The second-order valence-corrected chi connectivity index (χ2v) is 4.87. The summed E-state index contributed by atoms with van der Waals surface area (Å²) < 4.78 is 10.7. The van der Waals surface area contributed by atoms with Crippen LogP contribution in [0.3, 0.4) is 0 Å². The number of carbonyl (C=O) groups excluding carboxylic acids is 2. The minimum Gasteiger partial charge on any atom is -0.497 e. The Bertz CT molecular complexity index is 918. The maximum Gasteiger partial charge on any atom is 0.229 e. The van der Waals surface area contributed by atoms with E-state index in [1.165, 1.54) is 7.11 Å². The van der Waals surface area contributed by atoms with Crippen molar-refractivity contribution >= 4 is 22.5 Å². The van der Waals surface area contributed by atoms with Crippen LogP contribution in [0.5, 0.6) is 5.75 Å². The zero-order chi connectivity index (χ0) is 14.6. The first kappa shape index (κ1) is 11.9. The molecule has 0 fully saturated rings. The molecule has 0 bridgehead atoms. The number of fused-ring (bicyclic) bond motifs is 4. The summed E-state index contributed by atoms with van der Waals surface area (Å²) in [4.78, 5) is 25.3. The third-order valence-electron chi connectivity index (χ3n) is 3.74. The Hall–Kier alpha value is -2.88. The van der Waals surface area contributed by atoms with Crippen LogP contribution in [0.4, 0.5) is 0 Å². The molecule has 2 aromatic carbocycles. The number of hydrogen-bond acceptors (Lipinski definition) is 4. The molecule has 4 nitrogen and oxygen atoms in total. The molecule has 0 radical (unpaired) electrons. The van der Waals surface area contributed by atoms with Gasteiger partial charge in [0.2, 0.25) is 5.78 Å². The van der Waals surface area contributed by atoms with Gasteiger partial charge in [-0.1, -0.05) is 18.2 Å². The Morgan fingerprint density at radius 1 is 0.952 bits per heavy atom. The molecule has 3 aromatic rings. The van der Waals surface area contributed by atoms with Gasteiger partial charge in [-0.25, -0.2) is 0 Å². The molecule has 0 spiro atoms. The number of ketones is 2. The second-order valence-electron chi connectivity index (χ2n) is 4.87. The van der Waals surface area contributed by atoms with Crippen LogP contribution in [0.2, 0.25) is 0 Å². The van der Waals surface area contributed by atoms with Gasteiger partial charge in [0.15, 0.2) is 11.5 Å². The van der Waals surface area contributed by atoms with Crippen molar-refractivity contribution < 1.29 is 18.7 Å². The van der Waals surface area contributed by atoms with Gasteiger partial charge in [0.05, 0.1) is 12.7 Å². The third-order valence-corrected chi connectivity index (χ3v) is 3.74. The topological polar surface area (TPSA) is 56.5 Å². The number of benzene rings is 2. The van der Waals surface area contributed by atoms with E-state index in [1.807, 2.05) is 12.1 Å². The quantitative estimate of drug-likeness (QED) is 0.536. The van der Waals surface area contributed by atoms with E-state index in [1.54, 1.807) is 30.3 Å². The summed E-state index contributed by atoms with van der Waals surface area (Å²) in [6.07, 6.45) is 0. The molecule has 4 heteroatoms. The van der Waals surface area contributed by atoms with Gasteiger partial charge in [0.25, 0.3) is 0 Å². The average Bonchev–Trinajstić information content (AvgIpc) is 2.92. The maximum absolute atomic E-state index is 12.7. The molecule has 1 heterocycles. The smallest absolute Gasteiger partial charge is 0.229 e. The fraction of sp³-hybridized carbons (Fsp3) is 0.0588. The third kappa shape index (κ3) is 1.50. The molecule has 21 heavy (non-hydrogen) atoms. The molecule has 1 aliphatic rings. The van der Waals surface area contributed by atoms with Crippen LogP contribution < -0.4 is 4.74 Å². The molecular formula is C17H10O4. The van der Waals surface area contributed by atoms with Gasteiger partial charge in [-0.15, -0.1) is 0 Å². The zero-order valence-corrected chi connectivity index (χ0v) is 11.2. The molecule has 0 saturated heterocycles. The van der Waals surface area contributed by atoms with Crippen molar-refractivity contribution in [3.8, 4) is 5.75 Å². The van der Waals surface area contributed by atoms with Gasteiger partial charge in [-0.3, -0.25) is 9.59 Å². The van der Waals surface area contributed by atoms with Crippen LogP contribution in [0.1, 0.15) is 32.0 Å². The van der Waals surface area contributed by atoms with Crippen LogP contribution in [-0.4, -0.2) is 18.7 Å². The second kappa shape index (κ2) is 4.06. The predicted molar refractivity (Wildman–Crippen MR) is 76.1 cm³/mol. The molecule has 1 aliphatic carbocycles. The normalized spacial score (nSPS) is 13.2. The van der Waals surface area contributed by atoms with E-state index >= 15 is 0 Å². The number of rotatable bonds is 1. The first-order chi connectivity index (χ1) is 10.2. The van der Waals surface area contributed by atoms with Gasteiger partial charge in [0, 0.05) is 16.5 Å². The van der Waals surface area contributed by atoms with Gasteiger partial charge < -0.3 is 9.15 Å². The van der Waals surface area contributed by atoms with E-state index in [9.17, 15) is 9.59 Å². The summed E-state index contributed by atoms with van der Waals surface area (Å²) in [5.74, 6) is 0.179. The lowest BCUT2D eigenvalue weighted by Gasteiger charge is -2.14. The van der Waals surface area contributed by atoms with Crippen molar-refractivity contribution in [2.75, 3.05) is 7.11 Å². The number of carbonyl (C=O) groups is 2. The molecule has 0 aliphatic heterocycles. The molecular weight excluding hydrogens is 268 g/mol. The molecule has 0 unspecified atom stereocenters. The van der Waals surface area contributed by atoms with Crippen molar-refractivity contribution in [1.29, 1.82) is 0 Å². The SMILES string of the molecule is COc1ccc2c(c1)C(=O)c1oc3ccccc3c1C2=O. The maximum atomic E-state index is 12.7. The van der Waals surface area contributed by atoms with E-state index in [0.29, 0.717) is 33.4 Å². The average molecular weight is 278 g/mol. The number of methoxy groups -OCH3 is 1. The number of para-hydroxylation sites is 1.